The number of hydrogen-bond donors (Lipinski definition) is 3. The fourth-order valence-electron chi connectivity index (χ4n) is 3.13. The number of hydrogen-bond acceptors (Lipinski definition) is 4. The fourth-order valence-corrected chi connectivity index (χ4v) is 3.88. The maximum absolute atomic E-state index is 12.4. The number of benzene rings is 1. The number of nitrogens with one attached hydrogen (secondary N) is 3. The van der Waals surface area contributed by atoms with Crippen LogP contribution >= 0.6 is 24.2 Å². The number of amides is 2. The first-order valence-electron chi connectivity index (χ1n) is 8.95. The van der Waals surface area contributed by atoms with E-state index in [0.29, 0.717) is 25.3 Å². The lowest BCUT2D eigenvalue weighted by molar-refractivity contribution is -0.118. The zero-order valence-electron chi connectivity index (χ0n) is 16.4. The van der Waals surface area contributed by atoms with Crippen LogP contribution in [0.3, 0.4) is 0 Å². The molecule has 0 unspecified atom stereocenters. The van der Waals surface area contributed by atoms with Crippen molar-refractivity contribution < 1.29 is 9.59 Å². The number of halogens is 1. The quantitative estimate of drug-likeness (QED) is 0.454. The molecule has 0 aromatic heterocycles. The van der Waals surface area contributed by atoms with Crippen molar-refractivity contribution in [2.24, 2.45) is 0 Å². The lowest BCUT2D eigenvalue weighted by Gasteiger charge is -2.27. The van der Waals surface area contributed by atoms with Gasteiger partial charge in [-0.25, -0.2) is 0 Å². The van der Waals surface area contributed by atoms with Crippen molar-refractivity contribution in [1.29, 1.82) is 0 Å². The first-order valence-corrected chi connectivity index (χ1v) is 9.94. The molecule has 0 radical (unpaired) electrons. The molecule has 0 fully saturated rings. The largest absolute Gasteiger partial charge is 0.355 e. The summed E-state index contributed by atoms with van der Waals surface area (Å²) >= 11 is 1.52. The summed E-state index contributed by atoms with van der Waals surface area (Å²) in [6.07, 6.45) is 2.70. The van der Waals surface area contributed by atoms with Gasteiger partial charge in [0.2, 0.25) is 11.8 Å². The molecule has 1 aromatic rings. The van der Waals surface area contributed by atoms with Crippen molar-refractivity contribution in [2.45, 2.75) is 50.1 Å². The van der Waals surface area contributed by atoms with Crippen molar-refractivity contribution in [2.75, 3.05) is 18.8 Å². The molecule has 1 aromatic carbocycles. The van der Waals surface area contributed by atoms with E-state index >= 15 is 0 Å². The highest BCUT2D eigenvalue weighted by Crippen LogP contribution is 2.29. The molecule has 1 aliphatic rings. The van der Waals surface area contributed by atoms with Gasteiger partial charge in [-0.05, 0) is 46.2 Å². The standard InChI is InChI=1S/C20H29N3O2S.ClH/c1-19(2)13-16(20(3,4)23-19)18(25)22-12-8-11-21-17(24)14-26-15-9-6-5-7-10-15;/h5-7,9-10,13,23H,8,11-12,14H2,1-4H3,(H,21,24)(H,22,25);1H. The lowest BCUT2D eigenvalue weighted by atomic mass is 9.96. The highest BCUT2D eigenvalue weighted by atomic mass is 35.5. The molecule has 0 atom stereocenters. The fraction of sp³-hybridized carbons (Fsp3) is 0.500. The second-order valence-electron chi connectivity index (χ2n) is 7.59. The molecule has 27 heavy (non-hydrogen) atoms. The Labute approximate surface area is 172 Å². The van der Waals surface area contributed by atoms with Gasteiger partial charge < -0.3 is 10.6 Å². The van der Waals surface area contributed by atoms with Crippen LogP contribution < -0.4 is 16.0 Å². The van der Waals surface area contributed by atoms with Gasteiger partial charge in [0.25, 0.3) is 0 Å². The lowest BCUT2D eigenvalue weighted by Crippen LogP contribution is -2.47. The molecule has 2 rings (SSSR count). The molecule has 3 N–H and O–H groups in total. The van der Waals surface area contributed by atoms with Crippen LogP contribution in [0, 0.1) is 0 Å². The van der Waals surface area contributed by atoms with Gasteiger partial charge in [0.1, 0.15) is 0 Å². The summed E-state index contributed by atoms with van der Waals surface area (Å²) in [5.74, 6) is 0.368. The Balaban J connectivity index is 0.00000364. The second kappa shape index (κ2) is 10.2. The Bertz CT molecular complexity index is 675. The molecular weight excluding hydrogens is 382 g/mol. The van der Waals surface area contributed by atoms with Crippen LogP contribution in [-0.4, -0.2) is 41.7 Å². The summed E-state index contributed by atoms with van der Waals surface area (Å²) in [6, 6.07) is 9.85. The normalized spacial score (nSPS) is 16.8. The van der Waals surface area contributed by atoms with E-state index in [4.69, 9.17) is 0 Å². The first kappa shape index (κ1) is 23.5. The van der Waals surface area contributed by atoms with Crippen molar-refractivity contribution in [3.8, 4) is 0 Å². The minimum Gasteiger partial charge on any atom is -0.355 e. The molecule has 0 spiro atoms. The van der Waals surface area contributed by atoms with Gasteiger partial charge in [0.15, 0.2) is 0 Å². The average molecular weight is 412 g/mol. The molecule has 5 nitrogen and oxygen atoms in total. The topological polar surface area (TPSA) is 70.2 Å². The Hall–Kier alpha value is -1.50. The first-order chi connectivity index (χ1) is 12.2. The van der Waals surface area contributed by atoms with Crippen molar-refractivity contribution in [3.05, 3.63) is 42.0 Å². The molecule has 150 valence electrons. The second-order valence-corrected chi connectivity index (χ2v) is 8.64. The molecule has 0 saturated carbocycles. The minimum absolute atomic E-state index is 0. The van der Waals surface area contributed by atoms with Gasteiger partial charge in [0, 0.05) is 34.6 Å². The van der Waals surface area contributed by atoms with Gasteiger partial charge in [-0.3, -0.25) is 14.9 Å². The molecule has 0 bridgehead atoms. The summed E-state index contributed by atoms with van der Waals surface area (Å²) in [5.41, 5.74) is 0.252. The summed E-state index contributed by atoms with van der Waals surface area (Å²) in [4.78, 5) is 25.3. The maximum Gasteiger partial charge on any atom is 0.248 e. The van der Waals surface area contributed by atoms with E-state index in [1.54, 1.807) is 0 Å². The molecule has 1 aliphatic heterocycles. The Kier molecular flexibility index (Phi) is 8.85. The molecule has 1 heterocycles. The number of rotatable bonds is 8. The van der Waals surface area contributed by atoms with E-state index in [1.807, 2.05) is 50.3 Å². The highest BCUT2D eigenvalue weighted by Gasteiger charge is 2.39. The zero-order chi connectivity index (χ0) is 19.2. The smallest absolute Gasteiger partial charge is 0.248 e. The van der Waals surface area contributed by atoms with E-state index in [2.05, 4.69) is 29.8 Å². The summed E-state index contributed by atoms with van der Waals surface area (Å²) < 4.78 is 0. The van der Waals surface area contributed by atoms with Crippen molar-refractivity contribution >= 4 is 36.0 Å². The Morgan fingerprint density at radius 3 is 2.26 bits per heavy atom. The molecular formula is C20H30ClN3O2S. The average Bonchev–Trinajstić information content (AvgIpc) is 2.80. The van der Waals surface area contributed by atoms with Crippen LogP contribution in [0.5, 0.6) is 0 Å². The Morgan fingerprint density at radius 2 is 1.67 bits per heavy atom. The molecule has 0 saturated heterocycles. The van der Waals surface area contributed by atoms with Gasteiger partial charge in [0.05, 0.1) is 5.75 Å². The monoisotopic (exact) mass is 411 g/mol. The van der Waals surface area contributed by atoms with E-state index in [-0.39, 0.29) is 35.3 Å². The molecule has 7 heteroatoms. The number of carbonyl (C=O) groups excluding carboxylic acids is 2. The number of thioether (sulfide) groups is 1. The van der Waals surface area contributed by atoms with E-state index in [9.17, 15) is 9.59 Å². The summed E-state index contributed by atoms with van der Waals surface area (Å²) in [7, 11) is 0. The summed E-state index contributed by atoms with van der Waals surface area (Å²) in [6.45, 7) is 9.23. The predicted octanol–water partition coefficient (Wildman–Crippen LogP) is 2.91. The zero-order valence-corrected chi connectivity index (χ0v) is 18.1. The van der Waals surface area contributed by atoms with Gasteiger partial charge >= 0.3 is 0 Å². The van der Waals surface area contributed by atoms with E-state index in [1.165, 1.54) is 11.8 Å². The van der Waals surface area contributed by atoms with Crippen LogP contribution in [0.25, 0.3) is 0 Å². The maximum atomic E-state index is 12.4. The highest BCUT2D eigenvalue weighted by molar-refractivity contribution is 8.00. The van der Waals surface area contributed by atoms with Gasteiger partial charge in [-0.1, -0.05) is 24.3 Å². The molecule has 0 aliphatic carbocycles. The van der Waals surface area contributed by atoms with Crippen molar-refractivity contribution in [3.63, 3.8) is 0 Å². The third-order valence-corrected chi connectivity index (χ3v) is 5.14. The SMILES string of the molecule is CC1(C)C=C(C(=O)NCCCNC(=O)CSc2ccccc2)C(C)(C)N1.Cl. The number of carbonyl (C=O) groups is 2. The minimum atomic E-state index is -0.337. The predicted molar refractivity (Wildman–Crippen MR) is 114 cm³/mol. The van der Waals surface area contributed by atoms with E-state index in [0.717, 1.165) is 10.5 Å². The van der Waals surface area contributed by atoms with Crippen LogP contribution in [0.1, 0.15) is 34.1 Å². The Morgan fingerprint density at radius 1 is 1.04 bits per heavy atom. The van der Waals surface area contributed by atoms with Crippen molar-refractivity contribution in [1.82, 2.24) is 16.0 Å². The summed E-state index contributed by atoms with van der Waals surface area (Å²) in [5, 5.41) is 9.27. The van der Waals surface area contributed by atoms with Crippen LogP contribution in [0.15, 0.2) is 46.9 Å². The third kappa shape index (κ3) is 7.56. The van der Waals surface area contributed by atoms with Crippen LogP contribution in [-0.2, 0) is 9.59 Å². The van der Waals surface area contributed by atoms with Crippen LogP contribution in [0.4, 0.5) is 0 Å². The molecule has 2 amide bonds. The van der Waals surface area contributed by atoms with Crippen LogP contribution in [0.2, 0.25) is 0 Å². The third-order valence-electron chi connectivity index (χ3n) is 4.13. The van der Waals surface area contributed by atoms with E-state index < -0.39 is 0 Å². The van der Waals surface area contributed by atoms with Gasteiger partial charge in [-0.15, -0.1) is 24.2 Å². The van der Waals surface area contributed by atoms with Gasteiger partial charge in [-0.2, -0.15) is 0 Å².